The Balaban J connectivity index is 1.54. The molecule has 3 fully saturated rings. The Hall–Kier alpha value is -1.93. The fraction of sp³-hybridized carbons (Fsp3) is 0.652. The molecule has 3 heterocycles. The number of nitrogens with zero attached hydrogens (tertiary/aromatic N) is 2. The van der Waals surface area contributed by atoms with Gasteiger partial charge in [0.15, 0.2) is 9.84 Å². The molecule has 4 rings (SSSR count). The standard InChI is InChI=1S/C23H32N2O5S/c26-20(9-18-31(28,29)19-7-2-1-3-8-19)25-15-6-10-23(11-16-30-17-12-23)21(25)22(27)24-13-4-5-14-24/h1-3,7-8,21H,4-6,9-18H2. The maximum Gasteiger partial charge on any atom is 0.245 e. The molecule has 7 nitrogen and oxygen atoms in total. The van der Waals surface area contributed by atoms with Crippen LogP contribution in [0.25, 0.3) is 0 Å². The number of amides is 2. The zero-order valence-electron chi connectivity index (χ0n) is 18.0. The summed E-state index contributed by atoms with van der Waals surface area (Å²) in [6, 6.07) is 7.72. The fourth-order valence-corrected chi connectivity index (χ4v) is 6.64. The van der Waals surface area contributed by atoms with Crippen molar-refractivity contribution in [1.82, 2.24) is 9.80 Å². The van der Waals surface area contributed by atoms with Gasteiger partial charge in [-0.05, 0) is 50.7 Å². The third kappa shape index (κ3) is 4.65. The summed E-state index contributed by atoms with van der Waals surface area (Å²) in [5, 5.41) is 0. The van der Waals surface area contributed by atoms with Crippen LogP contribution < -0.4 is 0 Å². The molecule has 0 saturated carbocycles. The first-order valence-electron chi connectivity index (χ1n) is 11.4. The van der Waals surface area contributed by atoms with Gasteiger partial charge in [0.25, 0.3) is 0 Å². The summed E-state index contributed by atoms with van der Waals surface area (Å²) < 4.78 is 30.9. The van der Waals surface area contributed by atoms with E-state index in [0.29, 0.717) is 19.8 Å². The van der Waals surface area contributed by atoms with Crippen LogP contribution in [0.4, 0.5) is 0 Å². The van der Waals surface area contributed by atoms with Gasteiger partial charge in [-0.15, -0.1) is 0 Å². The van der Waals surface area contributed by atoms with E-state index < -0.39 is 15.9 Å². The number of sulfone groups is 1. The normalized spacial score (nSPS) is 23.8. The van der Waals surface area contributed by atoms with Gasteiger partial charge in [-0.2, -0.15) is 0 Å². The van der Waals surface area contributed by atoms with Crippen LogP contribution in [0.3, 0.4) is 0 Å². The van der Waals surface area contributed by atoms with Gasteiger partial charge in [0.2, 0.25) is 11.8 Å². The molecule has 3 aliphatic heterocycles. The number of carbonyl (C=O) groups is 2. The topological polar surface area (TPSA) is 84.0 Å². The van der Waals surface area contributed by atoms with E-state index in [1.54, 1.807) is 35.2 Å². The molecule has 0 aliphatic carbocycles. The molecule has 1 spiro atoms. The van der Waals surface area contributed by atoms with E-state index in [1.807, 2.05) is 4.90 Å². The van der Waals surface area contributed by atoms with Crippen LogP contribution in [-0.4, -0.2) is 74.7 Å². The van der Waals surface area contributed by atoms with Crippen molar-refractivity contribution in [1.29, 1.82) is 0 Å². The summed E-state index contributed by atoms with van der Waals surface area (Å²) in [5.74, 6) is -0.437. The van der Waals surface area contributed by atoms with E-state index >= 15 is 0 Å². The number of benzene rings is 1. The highest BCUT2D eigenvalue weighted by Crippen LogP contribution is 2.45. The van der Waals surface area contributed by atoms with E-state index in [2.05, 4.69) is 0 Å². The van der Waals surface area contributed by atoms with Crippen molar-refractivity contribution >= 4 is 21.7 Å². The first-order chi connectivity index (χ1) is 14.9. The molecule has 8 heteroatoms. The SMILES string of the molecule is O=C(C1N(C(=O)CCS(=O)(=O)c2ccccc2)CCCC12CCOCC2)N1CCCC1. The summed E-state index contributed by atoms with van der Waals surface area (Å²) >= 11 is 0. The van der Waals surface area contributed by atoms with Crippen LogP contribution in [0.15, 0.2) is 35.2 Å². The molecule has 0 aromatic heterocycles. The second-order valence-corrected chi connectivity index (χ2v) is 11.1. The number of carbonyl (C=O) groups excluding carboxylic acids is 2. The lowest BCUT2D eigenvalue weighted by molar-refractivity contribution is -0.160. The summed E-state index contributed by atoms with van der Waals surface area (Å²) in [6.07, 6.45) is 5.17. The summed E-state index contributed by atoms with van der Waals surface area (Å²) in [7, 11) is -3.54. The Labute approximate surface area is 184 Å². The van der Waals surface area contributed by atoms with Crippen molar-refractivity contribution in [3.05, 3.63) is 30.3 Å². The Morgan fingerprint density at radius 2 is 1.65 bits per heavy atom. The van der Waals surface area contributed by atoms with Gasteiger partial charge < -0.3 is 14.5 Å². The van der Waals surface area contributed by atoms with Gasteiger partial charge in [0, 0.05) is 44.7 Å². The molecular formula is C23H32N2O5S. The third-order valence-corrected chi connectivity index (χ3v) is 8.84. The smallest absolute Gasteiger partial charge is 0.245 e. The largest absolute Gasteiger partial charge is 0.381 e. The van der Waals surface area contributed by atoms with E-state index in [-0.39, 0.29) is 34.3 Å². The Morgan fingerprint density at radius 1 is 0.968 bits per heavy atom. The van der Waals surface area contributed by atoms with E-state index in [0.717, 1.165) is 51.6 Å². The van der Waals surface area contributed by atoms with Gasteiger partial charge in [0.05, 0.1) is 10.6 Å². The number of hydrogen-bond acceptors (Lipinski definition) is 5. The van der Waals surface area contributed by atoms with Crippen molar-refractivity contribution in [3.63, 3.8) is 0 Å². The molecule has 31 heavy (non-hydrogen) atoms. The Kier molecular flexibility index (Phi) is 6.67. The molecule has 0 radical (unpaired) electrons. The predicted molar refractivity (Wildman–Crippen MR) is 116 cm³/mol. The van der Waals surface area contributed by atoms with E-state index in [4.69, 9.17) is 4.74 Å². The van der Waals surface area contributed by atoms with Crippen LogP contribution in [0.1, 0.15) is 44.9 Å². The van der Waals surface area contributed by atoms with E-state index in [9.17, 15) is 18.0 Å². The number of likely N-dealkylation sites (tertiary alicyclic amines) is 2. The monoisotopic (exact) mass is 448 g/mol. The average Bonchev–Trinajstić information content (AvgIpc) is 3.33. The lowest BCUT2D eigenvalue weighted by atomic mass is 9.67. The highest BCUT2D eigenvalue weighted by atomic mass is 32.2. The molecule has 170 valence electrons. The highest BCUT2D eigenvalue weighted by molar-refractivity contribution is 7.91. The van der Waals surface area contributed by atoms with E-state index in [1.165, 1.54) is 0 Å². The summed E-state index contributed by atoms with van der Waals surface area (Å²) in [4.78, 5) is 30.7. The second-order valence-electron chi connectivity index (χ2n) is 8.98. The molecule has 3 saturated heterocycles. The lowest BCUT2D eigenvalue weighted by Gasteiger charge is -2.51. The minimum absolute atomic E-state index is 0.0402. The van der Waals surface area contributed by atoms with Crippen molar-refractivity contribution in [2.24, 2.45) is 5.41 Å². The quantitative estimate of drug-likeness (QED) is 0.690. The molecular weight excluding hydrogens is 416 g/mol. The Bertz CT molecular complexity index is 884. The number of rotatable bonds is 5. The van der Waals surface area contributed by atoms with Crippen LogP contribution in [0.5, 0.6) is 0 Å². The first kappa shape index (κ1) is 22.3. The summed E-state index contributed by atoms with van der Waals surface area (Å²) in [6.45, 7) is 3.21. The van der Waals surface area contributed by atoms with Gasteiger partial charge in [-0.25, -0.2) is 8.42 Å². The highest BCUT2D eigenvalue weighted by Gasteiger charge is 2.51. The number of piperidine rings is 1. The molecule has 1 atom stereocenters. The van der Waals surface area contributed by atoms with Gasteiger partial charge in [-0.1, -0.05) is 18.2 Å². The maximum atomic E-state index is 13.6. The van der Waals surface area contributed by atoms with Crippen LogP contribution >= 0.6 is 0 Å². The minimum Gasteiger partial charge on any atom is -0.381 e. The molecule has 0 bridgehead atoms. The predicted octanol–water partition coefficient (Wildman–Crippen LogP) is 2.26. The molecule has 1 unspecified atom stereocenters. The lowest BCUT2D eigenvalue weighted by Crippen LogP contribution is -2.62. The second kappa shape index (κ2) is 9.28. The molecule has 1 aromatic carbocycles. The van der Waals surface area contributed by atoms with Gasteiger partial charge >= 0.3 is 0 Å². The van der Waals surface area contributed by atoms with Gasteiger partial charge in [-0.3, -0.25) is 9.59 Å². The first-order valence-corrected chi connectivity index (χ1v) is 13.0. The molecule has 0 N–H and O–H groups in total. The zero-order chi connectivity index (χ0) is 21.9. The van der Waals surface area contributed by atoms with Crippen molar-refractivity contribution in [2.75, 3.05) is 38.6 Å². The molecule has 3 aliphatic rings. The fourth-order valence-electron chi connectivity index (χ4n) is 5.38. The number of hydrogen-bond donors (Lipinski definition) is 0. The Morgan fingerprint density at radius 3 is 2.32 bits per heavy atom. The average molecular weight is 449 g/mol. The maximum absolute atomic E-state index is 13.6. The van der Waals surface area contributed by atoms with Crippen molar-refractivity contribution in [3.8, 4) is 0 Å². The van der Waals surface area contributed by atoms with Gasteiger partial charge in [0.1, 0.15) is 6.04 Å². The van der Waals surface area contributed by atoms with Crippen molar-refractivity contribution < 1.29 is 22.7 Å². The number of ether oxygens (including phenoxy) is 1. The molecule has 2 amide bonds. The van der Waals surface area contributed by atoms with Crippen LogP contribution in [-0.2, 0) is 24.2 Å². The summed E-state index contributed by atoms with van der Waals surface area (Å²) in [5.41, 5.74) is -0.260. The van der Waals surface area contributed by atoms with Crippen molar-refractivity contribution in [2.45, 2.75) is 55.9 Å². The zero-order valence-corrected chi connectivity index (χ0v) is 18.8. The third-order valence-electron chi connectivity index (χ3n) is 7.11. The molecule has 1 aromatic rings. The van der Waals surface area contributed by atoms with Crippen LogP contribution in [0.2, 0.25) is 0 Å². The minimum atomic E-state index is -3.54. The van der Waals surface area contributed by atoms with Crippen LogP contribution in [0, 0.1) is 5.41 Å².